The lowest BCUT2D eigenvalue weighted by atomic mass is 10.2. The molecular formula is C11H19N5O3. The molecule has 106 valence electrons. The molecule has 1 atom stereocenters. The van der Waals surface area contributed by atoms with Gasteiger partial charge in [-0.15, -0.1) is 0 Å². The third-order valence-electron chi connectivity index (χ3n) is 2.69. The Morgan fingerprint density at radius 3 is 2.84 bits per heavy atom. The zero-order chi connectivity index (χ0) is 14.3. The number of aliphatic carboxylic acids is 1. The van der Waals surface area contributed by atoms with Crippen LogP contribution in [0.4, 0.5) is 4.79 Å². The molecule has 0 radical (unpaired) electrons. The summed E-state index contributed by atoms with van der Waals surface area (Å²) < 4.78 is 0. The molecule has 1 heterocycles. The Hall–Kier alpha value is -2.12. The highest BCUT2D eigenvalue weighted by atomic mass is 16.4. The van der Waals surface area contributed by atoms with E-state index in [2.05, 4.69) is 20.5 Å². The maximum Gasteiger partial charge on any atom is 0.317 e. The minimum Gasteiger partial charge on any atom is -0.481 e. The van der Waals surface area contributed by atoms with Gasteiger partial charge in [-0.3, -0.25) is 9.89 Å². The molecule has 19 heavy (non-hydrogen) atoms. The number of rotatable bonds is 7. The zero-order valence-electron chi connectivity index (χ0n) is 11.1. The Bertz CT molecular complexity index is 406. The number of hydrogen-bond donors (Lipinski definition) is 3. The molecule has 2 amide bonds. The predicted octanol–water partition coefficient (Wildman–Crippen LogP) is 0.0994. The molecule has 0 saturated carbocycles. The summed E-state index contributed by atoms with van der Waals surface area (Å²) >= 11 is 0. The van der Waals surface area contributed by atoms with Crippen molar-refractivity contribution in [2.45, 2.75) is 20.3 Å². The number of nitrogens with zero attached hydrogens (tertiary/aromatic N) is 3. The third-order valence-corrected chi connectivity index (χ3v) is 2.69. The van der Waals surface area contributed by atoms with Crippen LogP contribution in [0.25, 0.3) is 0 Å². The van der Waals surface area contributed by atoms with Gasteiger partial charge in [-0.2, -0.15) is 5.10 Å². The molecule has 3 N–H and O–H groups in total. The van der Waals surface area contributed by atoms with Crippen LogP contribution in [0.15, 0.2) is 6.33 Å². The van der Waals surface area contributed by atoms with Gasteiger partial charge in [-0.1, -0.05) is 6.92 Å². The van der Waals surface area contributed by atoms with Crippen LogP contribution in [-0.2, 0) is 11.2 Å². The Balaban J connectivity index is 2.34. The van der Waals surface area contributed by atoms with Gasteiger partial charge in [0, 0.05) is 26.1 Å². The zero-order valence-corrected chi connectivity index (χ0v) is 11.1. The van der Waals surface area contributed by atoms with Crippen molar-refractivity contribution >= 4 is 12.0 Å². The van der Waals surface area contributed by atoms with Crippen LogP contribution < -0.4 is 5.32 Å². The van der Waals surface area contributed by atoms with Gasteiger partial charge in [0.05, 0.1) is 5.92 Å². The van der Waals surface area contributed by atoms with Crippen molar-refractivity contribution in [1.82, 2.24) is 25.4 Å². The average Bonchev–Trinajstić information content (AvgIpc) is 2.88. The third kappa shape index (κ3) is 4.94. The van der Waals surface area contributed by atoms with Crippen LogP contribution in [0.2, 0.25) is 0 Å². The number of hydrogen-bond acceptors (Lipinski definition) is 4. The van der Waals surface area contributed by atoms with E-state index in [9.17, 15) is 9.59 Å². The molecule has 1 aromatic heterocycles. The Labute approximate surface area is 111 Å². The van der Waals surface area contributed by atoms with E-state index >= 15 is 0 Å². The van der Waals surface area contributed by atoms with Gasteiger partial charge >= 0.3 is 12.0 Å². The summed E-state index contributed by atoms with van der Waals surface area (Å²) in [6.07, 6.45) is 1.96. The van der Waals surface area contributed by atoms with E-state index in [-0.39, 0.29) is 12.6 Å². The Kier molecular flexibility index (Phi) is 5.77. The molecule has 0 aliphatic carbocycles. The molecule has 8 nitrogen and oxygen atoms in total. The van der Waals surface area contributed by atoms with Gasteiger partial charge in [-0.05, 0) is 6.92 Å². The molecular weight excluding hydrogens is 250 g/mol. The highest BCUT2D eigenvalue weighted by Gasteiger charge is 2.18. The number of aromatic amines is 1. The lowest BCUT2D eigenvalue weighted by Crippen LogP contribution is -2.43. The number of carbonyl (C=O) groups is 2. The smallest absolute Gasteiger partial charge is 0.317 e. The second kappa shape index (κ2) is 7.34. The molecule has 0 aliphatic heterocycles. The summed E-state index contributed by atoms with van der Waals surface area (Å²) in [4.78, 5) is 28.0. The number of nitrogens with one attached hydrogen (secondary N) is 2. The standard InChI is InChI=1S/C11H19N5O3/c1-3-16(6-8(2)10(17)18)11(19)12-5-4-9-13-7-14-15-9/h7-8H,3-6H2,1-2H3,(H,12,19)(H,17,18)(H,13,14,15). The topological polar surface area (TPSA) is 111 Å². The predicted molar refractivity (Wildman–Crippen MR) is 67.5 cm³/mol. The van der Waals surface area contributed by atoms with E-state index < -0.39 is 11.9 Å². The maximum absolute atomic E-state index is 11.8. The maximum atomic E-state index is 11.8. The average molecular weight is 269 g/mol. The Morgan fingerprint density at radius 1 is 1.58 bits per heavy atom. The van der Waals surface area contributed by atoms with E-state index in [4.69, 9.17) is 5.11 Å². The monoisotopic (exact) mass is 269 g/mol. The fourth-order valence-corrected chi connectivity index (χ4v) is 1.52. The minimum absolute atomic E-state index is 0.194. The molecule has 0 spiro atoms. The van der Waals surface area contributed by atoms with Crippen molar-refractivity contribution in [2.75, 3.05) is 19.6 Å². The largest absolute Gasteiger partial charge is 0.481 e. The van der Waals surface area contributed by atoms with Crippen LogP contribution in [0, 0.1) is 5.92 Å². The minimum atomic E-state index is -0.909. The molecule has 0 bridgehead atoms. The first-order valence-corrected chi connectivity index (χ1v) is 6.14. The Morgan fingerprint density at radius 2 is 2.32 bits per heavy atom. The lowest BCUT2D eigenvalue weighted by molar-refractivity contribution is -0.141. The molecule has 8 heteroatoms. The second-order valence-corrected chi connectivity index (χ2v) is 4.19. The summed E-state index contributed by atoms with van der Waals surface area (Å²) in [6.45, 7) is 4.47. The molecule has 1 aromatic rings. The van der Waals surface area contributed by atoms with Crippen molar-refractivity contribution in [1.29, 1.82) is 0 Å². The summed E-state index contributed by atoms with van der Waals surface area (Å²) in [7, 11) is 0. The van der Waals surface area contributed by atoms with Crippen LogP contribution in [0.5, 0.6) is 0 Å². The fourth-order valence-electron chi connectivity index (χ4n) is 1.52. The van der Waals surface area contributed by atoms with E-state index in [1.807, 2.05) is 6.92 Å². The molecule has 1 unspecified atom stereocenters. The van der Waals surface area contributed by atoms with Gasteiger partial charge in [0.1, 0.15) is 12.2 Å². The first-order chi connectivity index (χ1) is 9.04. The molecule has 0 aliphatic rings. The van der Waals surface area contributed by atoms with Crippen molar-refractivity contribution in [3.63, 3.8) is 0 Å². The van der Waals surface area contributed by atoms with Gasteiger partial charge in [0.15, 0.2) is 0 Å². The van der Waals surface area contributed by atoms with Crippen molar-refractivity contribution in [2.24, 2.45) is 5.92 Å². The summed E-state index contributed by atoms with van der Waals surface area (Å²) in [6, 6.07) is -0.268. The second-order valence-electron chi connectivity index (χ2n) is 4.19. The van der Waals surface area contributed by atoms with Crippen molar-refractivity contribution < 1.29 is 14.7 Å². The van der Waals surface area contributed by atoms with Gasteiger partial charge in [-0.25, -0.2) is 9.78 Å². The summed E-state index contributed by atoms with van der Waals surface area (Å²) in [5.41, 5.74) is 0. The number of H-pyrrole nitrogens is 1. The number of aromatic nitrogens is 3. The van der Waals surface area contributed by atoms with Gasteiger partial charge in [0.25, 0.3) is 0 Å². The number of carbonyl (C=O) groups excluding carboxylic acids is 1. The first-order valence-electron chi connectivity index (χ1n) is 6.14. The van der Waals surface area contributed by atoms with Gasteiger partial charge < -0.3 is 15.3 Å². The quantitative estimate of drug-likeness (QED) is 0.650. The van der Waals surface area contributed by atoms with Gasteiger partial charge in [0.2, 0.25) is 0 Å². The van der Waals surface area contributed by atoms with Crippen molar-refractivity contribution in [3.8, 4) is 0 Å². The van der Waals surface area contributed by atoms with E-state index in [1.165, 1.54) is 11.2 Å². The number of carboxylic acids is 1. The van der Waals surface area contributed by atoms with Crippen molar-refractivity contribution in [3.05, 3.63) is 12.2 Å². The SMILES string of the molecule is CCN(CC(C)C(=O)O)C(=O)NCCc1ncn[nH]1. The number of amides is 2. The van der Waals surface area contributed by atoms with E-state index in [0.717, 1.165) is 0 Å². The fraction of sp³-hybridized carbons (Fsp3) is 0.636. The van der Waals surface area contributed by atoms with E-state index in [0.29, 0.717) is 25.3 Å². The van der Waals surface area contributed by atoms with Crippen LogP contribution >= 0.6 is 0 Å². The van der Waals surface area contributed by atoms with Crippen LogP contribution in [-0.4, -0.2) is 56.8 Å². The number of urea groups is 1. The number of carboxylic acid groups (broad SMARTS) is 1. The highest BCUT2D eigenvalue weighted by molar-refractivity contribution is 5.75. The van der Waals surface area contributed by atoms with E-state index in [1.54, 1.807) is 6.92 Å². The first kappa shape index (κ1) is 14.9. The molecule has 0 aromatic carbocycles. The van der Waals surface area contributed by atoms with Crippen LogP contribution in [0.3, 0.4) is 0 Å². The summed E-state index contributed by atoms with van der Waals surface area (Å²) in [5.74, 6) is -0.796. The summed E-state index contributed by atoms with van der Waals surface area (Å²) in [5, 5.41) is 18.0. The molecule has 0 fully saturated rings. The molecule has 1 rings (SSSR count). The molecule has 0 saturated heterocycles. The normalized spacial score (nSPS) is 11.9. The van der Waals surface area contributed by atoms with Crippen LogP contribution in [0.1, 0.15) is 19.7 Å². The lowest BCUT2D eigenvalue weighted by Gasteiger charge is -2.23. The highest BCUT2D eigenvalue weighted by Crippen LogP contribution is 2.00.